The quantitative estimate of drug-likeness (QED) is 0.459. The molecule has 0 atom stereocenters. The average molecular weight is 459 g/mol. The molecular formula is C23H21F3N4OS. The number of rotatable bonds is 5. The first-order chi connectivity index (χ1) is 15.3. The van der Waals surface area contributed by atoms with Gasteiger partial charge in [0, 0.05) is 47.4 Å². The molecule has 0 unspecified atom stereocenters. The van der Waals surface area contributed by atoms with Crippen LogP contribution in [0.3, 0.4) is 0 Å². The van der Waals surface area contributed by atoms with Gasteiger partial charge in [-0.3, -0.25) is 9.88 Å². The van der Waals surface area contributed by atoms with Gasteiger partial charge in [-0.15, -0.1) is 11.8 Å². The first-order valence-corrected chi connectivity index (χ1v) is 11.2. The summed E-state index contributed by atoms with van der Waals surface area (Å²) in [5.41, 5.74) is 2.76. The van der Waals surface area contributed by atoms with E-state index in [1.165, 1.54) is 4.90 Å². The summed E-state index contributed by atoms with van der Waals surface area (Å²) in [6.45, 7) is 0.924. The predicted molar refractivity (Wildman–Crippen MR) is 121 cm³/mol. The fourth-order valence-electron chi connectivity index (χ4n) is 3.62. The fraction of sp³-hybridized carbons (Fsp3) is 0.217. The number of pyridine rings is 1. The third-order valence-corrected chi connectivity index (χ3v) is 5.98. The van der Waals surface area contributed by atoms with Crippen LogP contribution in [-0.4, -0.2) is 23.8 Å². The zero-order chi connectivity index (χ0) is 22.7. The number of amides is 2. The third kappa shape index (κ3) is 4.83. The number of hydrogen-bond donors (Lipinski definition) is 2. The Morgan fingerprint density at radius 2 is 1.88 bits per heavy atom. The lowest BCUT2D eigenvalue weighted by Gasteiger charge is -2.20. The van der Waals surface area contributed by atoms with E-state index in [0.29, 0.717) is 30.9 Å². The number of thioether (sulfide) groups is 1. The van der Waals surface area contributed by atoms with Crippen molar-refractivity contribution < 1.29 is 18.0 Å². The third-order valence-electron chi connectivity index (χ3n) is 5.21. The molecule has 2 amide bonds. The van der Waals surface area contributed by atoms with Gasteiger partial charge < -0.3 is 10.6 Å². The number of alkyl halides is 3. The molecule has 0 fully saturated rings. The number of aromatic nitrogens is 1. The Balaban J connectivity index is 1.49. The summed E-state index contributed by atoms with van der Waals surface area (Å²) in [5.74, 6) is 0. The standard InChI is InChI=1S/C23H21F3N4OS/c1-32-21-11-16-7-10-30(20(16)13-19(21)23(24,25)26)22(31)29-18-4-2-3-17(12-18)28-14-15-5-8-27-9-6-15/h2-6,8-9,11-13,28H,7,10,14H2,1H3,(H,29,31). The van der Waals surface area contributed by atoms with Gasteiger partial charge in [-0.1, -0.05) is 6.07 Å². The summed E-state index contributed by atoms with van der Waals surface area (Å²) in [4.78, 5) is 18.4. The van der Waals surface area contributed by atoms with Crippen molar-refractivity contribution >= 4 is 34.9 Å². The molecule has 5 nitrogen and oxygen atoms in total. The van der Waals surface area contributed by atoms with Gasteiger partial charge in [0.05, 0.1) is 5.56 Å². The van der Waals surface area contributed by atoms with Crippen LogP contribution in [0.2, 0.25) is 0 Å². The minimum atomic E-state index is -4.48. The molecule has 2 aromatic carbocycles. The highest BCUT2D eigenvalue weighted by molar-refractivity contribution is 7.98. The molecule has 0 radical (unpaired) electrons. The van der Waals surface area contributed by atoms with Crippen molar-refractivity contribution in [3.63, 3.8) is 0 Å². The summed E-state index contributed by atoms with van der Waals surface area (Å²) in [6, 6.07) is 13.2. The number of urea groups is 1. The Hall–Kier alpha value is -3.20. The van der Waals surface area contributed by atoms with E-state index in [1.54, 1.807) is 42.9 Å². The van der Waals surface area contributed by atoms with E-state index < -0.39 is 17.8 Å². The molecule has 2 N–H and O–H groups in total. The van der Waals surface area contributed by atoms with Gasteiger partial charge in [-0.25, -0.2) is 4.79 Å². The molecule has 2 heterocycles. The Bertz CT molecular complexity index is 1120. The molecule has 0 spiro atoms. The molecule has 4 rings (SSSR count). The zero-order valence-corrected chi connectivity index (χ0v) is 18.1. The normalized spacial score (nSPS) is 13.1. The van der Waals surface area contributed by atoms with Crippen molar-refractivity contribution in [2.75, 3.05) is 28.3 Å². The minimum absolute atomic E-state index is 0.173. The molecule has 1 aliphatic rings. The van der Waals surface area contributed by atoms with Crippen LogP contribution < -0.4 is 15.5 Å². The van der Waals surface area contributed by atoms with Crippen LogP contribution in [0.15, 0.2) is 65.8 Å². The van der Waals surface area contributed by atoms with Crippen LogP contribution in [0.1, 0.15) is 16.7 Å². The Kier molecular flexibility index (Phi) is 6.27. The topological polar surface area (TPSA) is 57.3 Å². The summed E-state index contributed by atoms with van der Waals surface area (Å²) < 4.78 is 40.4. The van der Waals surface area contributed by atoms with E-state index in [0.717, 1.165) is 34.6 Å². The number of hydrogen-bond acceptors (Lipinski definition) is 4. The second-order valence-corrected chi connectivity index (χ2v) is 8.15. The number of anilines is 3. The van der Waals surface area contributed by atoms with Crippen molar-refractivity contribution in [3.8, 4) is 0 Å². The first kappa shape index (κ1) is 22.0. The maximum absolute atomic E-state index is 13.5. The van der Waals surface area contributed by atoms with Crippen LogP contribution in [0.25, 0.3) is 0 Å². The first-order valence-electron chi connectivity index (χ1n) is 9.94. The van der Waals surface area contributed by atoms with Crippen LogP contribution in [0.5, 0.6) is 0 Å². The molecule has 32 heavy (non-hydrogen) atoms. The van der Waals surface area contributed by atoms with Crippen molar-refractivity contribution in [3.05, 3.63) is 77.6 Å². The van der Waals surface area contributed by atoms with Crippen LogP contribution in [0.4, 0.5) is 35.0 Å². The molecule has 0 saturated heterocycles. The Morgan fingerprint density at radius 3 is 2.59 bits per heavy atom. The number of halogens is 3. The molecule has 1 aliphatic heterocycles. The smallest absolute Gasteiger partial charge is 0.381 e. The van der Waals surface area contributed by atoms with E-state index in [9.17, 15) is 18.0 Å². The van der Waals surface area contributed by atoms with Gasteiger partial charge in [-0.05, 0) is 66.3 Å². The van der Waals surface area contributed by atoms with E-state index in [1.807, 2.05) is 18.2 Å². The van der Waals surface area contributed by atoms with Gasteiger partial charge in [-0.2, -0.15) is 13.2 Å². The van der Waals surface area contributed by atoms with Crippen molar-refractivity contribution in [1.29, 1.82) is 0 Å². The molecule has 0 bridgehead atoms. The number of nitrogens with zero attached hydrogens (tertiary/aromatic N) is 2. The maximum Gasteiger partial charge on any atom is 0.417 e. The van der Waals surface area contributed by atoms with Gasteiger partial charge >= 0.3 is 12.2 Å². The van der Waals surface area contributed by atoms with Gasteiger partial charge in [0.1, 0.15) is 0 Å². The highest BCUT2D eigenvalue weighted by Crippen LogP contribution is 2.42. The van der Waals surface area contributed by atoms with E-state index in [4.69, 9.17) is 0 Å². The summed E-state index contributed by atoms with van der Waals surface area (Å²) in [7, 11) is 0. The van der Waals surface area contributed by atoms with Crippen LogP contribution >= 0.6 is 11.8 Å². The fourth-order valence-corrected chi connectivity index (χ4v) is 4.27. The van der Waals surface area contributed by atoms with Crippen molar-refractivity contribution in [1.82, 2.24) is 4.98 Å². The summed E-state index contributed by atoms with van der Waals surface area (Å²) in [5, 5.41) is 6.08. The minimum Gasteiger partial charge on any atom is -0.381 e. The van der Waals surface area contributed by atoms with Gasteiger partial charge in [0.2, 0.25) is 0 Å². The number of fused-ring (bicyclic) bond motifs is 1. The largest absolute Gasteiger partial charge is 0.417 e. The maximum atomic E-state index is 13.5. The van der Waals surface area contributed by atoms with Crippen LogP contribution in [-0.2, 0) is 19.1 Å². The van der Waals surface area contributed by atoms with E-state index >= 15 is 0 Å². The van der Waals surface area contributed by atoms with Gasteiger partial charge in [0.25, 0.3) is 0 Å². The monoisotopic (exact) mass is 458 g/mol. The van der Waals surface area contributed by atoms with Crippen molar-refractivity contribution in [2.45, 2.75) is 24.0 Å². The van der Waals surface area contributed by atoms with E-state index in [-0.39, 0.29) is 4.90 Å². The number of carbonyl (C=O) groups excluding carboxylic acids is 1. The van der Waals surface area contributed by atoms with E-state index in [2.05, 4.69) is 15.6 Å². The second-order valence-electron chi connectivity index (χ2n) is 7.30. The Labute approximate surface area is 188 Å². The molecular weight excluding hydrogens is 437 g/mol. The lowest BCUT2D eigenvalue weighted by Crippen LogP contribution is -2.33. The van der Waals surface area contributed by atoms with Gasteiger partial charge in [0.15, 0.2) is 0 Å². The molecule has 166 valence electrons. The molecule has 0 saturated carbocycles. The molecule has 3 aromatic rings. The van der Waals surface area contributed by atoms with Crippen LogP contribution in [0, 0.1) is 0 Å². The zero-order valence-electron chi connectivity index (χ0n) is 17.2. The SMILES string of the molecule is CSc1cc2c(cc1C(F)(F)F)N(C(=O)Nc1cccc(NCc3ccncc3)c1)CC2. The Morgan fingerprint density at radius 1 is 1.12 bits per heavy atom. The number of benzene rings is 2. The molecule has 0 aliphatic carbocycles. The van der Waals surface area contributed by atoms with Crippen molar-refractivity contribution in [2.24, 2.45) is 0 Å². The number of carbonyl (C=O) groups is 1. The highest BCUT2D eigenvalue weighted by atomic mass is 32.2. The predicted octanol–water partition coefficient (Wildman–Crippen LogP) is 6.03. The molecule has 1 aromatic heterocycles. The number of nitrogens with one attached hydrogen (secondary N) is 2. The highest BCUT2D eigenvalue weighted by Gasteiger charge is 2.36. The summed E-state index contributed by atoms with van der Waals surface area (Å²) >= 11 is 1.06. The lowest BCUT2D eigenvalue weighted by atomic mass is 10.1. The average Bonchev–Trinajstić information content (AvgIpc) is 3.20. The summed E-state index contributed by atoms with van der Waals surface area (Å²) in [6.07, 6.45) is 1.09. The lowest BCUT2D eigenvalue weighted by molar-refractivity contribution is -0.139. The second kappa shape index (κ2) is 9.12. The molecule has 9 heteroatoms.